The molecular weight excluding hydrogens is 529 g/mol. The Morgan fingerprint density at radius 1 is 0.895 bits per heavy atom. The maximum Gasteiger partial charge on any atom is 0.338 e. The van der Waals surface area contributed by atoms with Crippen molar-refractivity contribution >= 4 is 64.0 Å². The van der Waals surface area contributed by atoms with Gasteiger partial charge in [0.2, 0.25) is 0 Å². The van der Waals surface area contributed by atoms with E-state index in [1.54, 1.807) is 75.4 Å². The van der Waals surface area contributed by atoms with Crippen LogP contribution < -0.4 is 15.5 Å². The largest absolute Gasteiger partial charge is 0.459 e. The molecule has 0 aliphatic carbocycles. The predicted molar refractivity (Wildman–Crippen MR) is 147 cm³/mol. The van der Waals surface area contributed by atoms with E-state index in [9.17, 15) is 19.2 Å². The Hall–Kier alpha value is -4.14. The molecule has 0 fully saturated rings. The fourth-order valence-corrected chi connectivity index (χ4v) is 4.10. The van der Waals surface area contributed by atoms with Crippen molar-refractivity contribution in [2.45, 2.75) is 26.9 Å². The maximum atomic E-state index is 13.1. The second-order valence-electron chi connectivity index (χ2n) is 8.76. The van der Waals surface area contributed by atoms with Gasteiger partial charge in [-0.05, 0) is 74.9 Å². The van der Waals surface area contributed by atoms with Gasteiger partial charge in [-0.15, -0.1) is 0 Å². The molecule has 0 atom stereocenters. The van der Waals surface area contributed by atoms with Gasteiger partial charge in [-0.2, -0.15) is 0 Å². The van der Waals surface area contributed by atoms with Crippen LogP contribution in [0.2, 0.25) is 5.02 Å². The lowest BCUT2D eigenvalue weighted by molar-refractivity contribution is -0.120. The highest BCUT2D eigenvalue weighted by molar-refractivity contribution is 6.53. The van der Waals surface area contributed by atoms with Crippen LogP contribution in [0.4, 0.5) is 17.1 Å². The highest BCUT2D eigenvalue weighted by atomic mass is 35.5. The zero-order valence-electron chi connectivity index (χ0n) is 20.7. The normalized spacial score (nSPS) is 13.3. The number of carbonyl (C=O) groups is 4. The average Bonchev–Trinajstić information content (AvgIpc) is 3.07. The van der Waals surface area contributed by atoms with E-state index in [0.717, 1.165) is 4.90 Å². The summed E-state index contributed by atoms with van der Waals surface area (Å²) in [7, 11) is 0. The van der Waals surface area contributed by atoms with Crippen molar-refractivity contribution in [2.24, 2.45) is 0 Å². The van der Waals surface area contributed by atoms with E-state index in [4.69, 9.17) is 27.9 Å². The molecule has 0 saturated carbocycles. The van der Waals surface area contributed by atoms with Crippen molar-refractivity contribution in [1.82, 2.24) is 0 Å². The minimum atomic E-state index is -0.691. The summed E-state index contributed by atoms with van der Waals surface area (Å²) >= 11 is 12.3. The smallest absolute Gasteiger partial charge is 0.338 e. The standard InChI is InChI=1S/C28H23Cl2N3O5/c1-15(2)38-28(37)18-6-4-8-20(12-18)31-25(34)17-11-10-16(3)22(13-17)32-24-23(30)26(35)33(27(24)36)21-9-5-7-19(29)14-21/h4-15,32H,1-3H3,(H,31,34). The van der Waals surface area contributed by atoms with Crippen molar-refractivity contribution in [1.29, 1.82) is 0 Å². The molecule has 0 aromatic heterocycles. The van der Waals surface area contributed by atoms with Crippen LogP contribution in [0.25, 0.3) is 0 Å². The van der Waals surface area contributed by atoms with Crippen molar-refractivity contribution in [3.63, 3.8) is 0 Å². The topological polar surface area (TPSA) is 105 Å². The van der Waals surface area contributed by atoms with Gasteiger partial charge in [0.1, 0.15) is 10.7 Å². The van der Waals surface area contributed by atoms with E-state index >= 15 is 0 Å². The third-order valence-corrected chi connectivity index (χ3v) is 6.14. The van der Waals surface area contributed by atoms with E-state index in [2.05, 4.69) is 10.6 Å². The molecule has 1 heterocycles. The number of esters is 1. The van der Waals surface area contributed by atoms with Crippen LogP contribution in [0.5, 0.6) is 0 Å². The summed E-state index contributed by atoms with van der Waals surface area (Å²) in [5.41, 5.74) is 2.27. The predicted octanol–water partition coefficient (Wildman–Crippen LogP) is 5.90. The van der Waals surface area contributed by atoms with Gasteiger partial charge in [0.25, 0.3) is 17.7 Å². The van der Waals surface area contributed by atoms with Gasteiger partial charge in [-0.1, -0.05) is 41.4 Å². The zero-order valence-corrected chi connectivity index (χ0v) is 22.2. The molecular formula is C28H23Cl2N3O5. The Morgan fingerprint density at radius 2 is 1.63 bits per heavy atom. The van der Waals surface area contributed by atoms with Crippen LogP contribution in [-0.2, 0) is 14.3 Å². The van der Waals surface area contributed by atoms with Crippen molar-refractivity contribution in [3.8, 4) is 0 Å². The summed E-state index contributed by atoms with van der Waals surface area (Å²) in [5.74, 6) is -2.28. The van der Waals surface area contributed by atoms with E-state index in [1.807, 2.05) is 0 Å². The third-order valence-electron chi connectivity index (χ3n) is 5.55. The molecule has 4 rings (SSSR count). The first-order valence-corrected chi connectivity index (χ1v) is 12.3. The number of hydrogen-bond donors (Lipinski definition) is 2. The molecule has 38 heavy (non-hydrogen) atoms. The Balaban J connectivity index is 1.54. The van der Waals surface area contributed by atoms with Crippen LogP contribution in [0.1, 0.15) is 40.1 Å². The molecule has 1 aliphatic heterocycles. The number of anilines is 3. The number of halogens is 2. The minimum absolute atomic E-state index is 0.117. The van der Waals surface area contributed by atoms with Crippen LogP contribution in [0, 0.1) is 6.92 Å². The van der Waals surface area contributed by atoms with Crippen molar-refractivity contribution in [2.75, 3.05) is 15.5 Å². The van der Waals surface area contributed by atoms with Gasteiger partial charge in [0.15, 0.2) is 0 Å². The second kappa shape index (κ2) is 11.1. The first-order chi connectivity index (χ1) is 18.0. The molecule has 1 aliphatic rings. The van der Waals surface area contributed by atoms with E-state index in [1.165, 1.54) is 12.1 Å². The first-order valence-electron chi connectivity index (χ1n) is 11.6. The summed E-state index contributed by atoms with van der Waals surface area (Å²) in [5, 5.41) is 5.74. The third kappa shape index (κ3) is 5.72. The number of aryl methyl sites for hydroxylation is 1. The number of carbonyl (C=O) groups excluding carboxylic acids is 4. The number of nitrogens with one attached hydrogen (secondary N) is 2. The quantitative estimate of drug-likeness (QED) is 0.279. The Morgan fingerprint density at radius 3 is 2.34 bits per heavy atom. The van der Waals surface area contributed by atoms with Gasteiger partial charge >= 0.3 is 5.97 Å². The number of amides is 3. The van der Waals surface area contributed by atoms with Crippen LogP contribution in [0.15, 0.2) is 77.5 Å². The lowest BCUT2D eigenvalue weighted by Gasteiger charge is -2.16. The van der Waals surface area contributed by atoms with Crippen LogP contribution in [0.3, 0.4) is 0 Å². The molecule has 0 bridgehead atoms. The molecule has 0 unspecified atom stereocenters. The number of nitrogens with zero attached hydrogens (tertiary/aromatic N) is 1. The zero-order chi connectivity index (χ0) is 27.6. The number of benzene rings is 3. The molecule has 3 amide bonds. The monoisotopic (exact) mass is 551 g/mol. The summed E-state index contributed by atoms with van der Waals surface area (Å²) in [6.45, 7) is 5.28. The highest BCUT2D eigenvalue weighted by Gasteiger charge is 2.39. The van der Waals surface area contributed by atoms with Gasteiger partial charge in [0.05, 0.1) is 17.4 Å². The Bertz CT molecular complexity index is 1500. The molecule has 8 nitrogen and oxygen atoms in total. The SMILES string of the molecule is Cc1ccc(C(=O)Nc2cccc(C(=O)OC(C)C)c2)cc1NC1=C(Cl)C(=O)N(c2cccc(Cl)c2)C1=O. The molecule has 3 aromatic rings. The molecule has 0 saturated heterocycles. The number of rotatable bonds is 7. The second-order valence-corrected chi connectivity index (χ2v) is 9.57. The lowest BCUT2D eigenvalue weighted by atomic mass is 10.1. The summed E-state index contributed by atoms with van der Waals surface area (Å²) in [6.07, 6.45) is -0.275. The van der Waals surface area contributed by atoms with E-state index in [-0.39, 0.29) is 28.1 Å². The first kappa shape index (κ1) is 26.9. The highest BCUT2D eigenvalue weighted by Crippen LogP contribution is 2.32. The molecule has 0 spiro atoms. The van der Waals surface area contributed by atoms with Gasteiger partial charge in [-0.25, -0.2) is 9.69 Å². The summed E-state index contributed by atoms with van der Waals surface area (Å²) in [6, 6.07) is 17.5. The fraction of sp³-hybridized carbons (Fsp3) is 0.143. The molecule has 10 heteroatoms. The van der Waals surface area contributed by atoms with E-state index < -0.39 is 23.7 Å². The van der Waals surface area contributed by atoms with Crippen molar-refractivity contribution < 1.29 is 23.9 Å². The Labute approximate surface area is 229 Å². The number of imide groups is 1. The number of hydrogen-bond acceptors (Lipinski definition) is 6. The maximum absolute atomic E-state index is 13.1. The van der Waals surface area contributed by atoms with Crippen LogP contribution >= 0.6 is 23.2 Å². The molecule has 3 aromatic carbocycles. The average molecular weight is 552 g/mol. The van der Waals surface area contributed by atoms with Crippen molar-refractivity contribution in [3.05, 3.63) is 99.2 Å². The van der Waals surface area contributed by atoms with Crippen LogP contribution in [-0.4, -0.2) is 29.8 Å². The summed E-state index contributed by atoms with van der Waals surface area (Å²) in [4.78, 5) is 52.0. The van der Waals surface area contributed by atoms with E-state index in [0.29, 0.717) is 27.5 Å². The number of ether oxygens (including phenoxy) is 1. The molecule has 2 N–H and O–H groups in total. The minimum Gasteiger partial charge on any atom is -0.459 e. The molecule has 194 valence electrons. The van der Waals surface area contributed by atoms with Gasteiger partial charge < -0.3 is 15.4 Å². The van der Waals surface area contributed by atoms with Gasteiger partial charge in [0, 0.05) is 22.0 Å². The summed E-state index contributed by atoms with van der Waals surface area (Å²) < 4.78 is 5.20. The lowest BCUT2D eigenvalue weighted by Crippen LogP contribution is -2.32. The molecule has 0 radical (unpaired) electrons. The fourth-order valence-electron chi connectivity index (χ4n) is 3.70. The Kier molecular flexibility index (Phi) is 7.85. The van der Waals surface area contributed by atoms with Gasteiger partial charge in [-0.3, -0.25) is 14.4 Å².